The molecule has 0 aromatic heterocycles. The van der Waals surface area contributed by atoms with E-state index in [0.717, 1.165) is 26.2 Å². The van der Waals surface area contributed by atoms with Crippen LogP contribution in [-0.2, 0) is 4.79 Å². The van der Waals surface area contributed by atoms with Crippen molar-refractivity contribution in [3.63, 3.8) is 0 Å². The number of phenolic OH excluding ortho intramolecular Hbond substituents is 1. The van der Waals surface area contributed by atoms with Gasteiger partial charge < -0.3 is 20.8 Å². The summed E-state index contributed by atoms with van der Waals surface area (Å²) < 4.78 is 0. The lowest BCUT2D eigenvalue weighted by Gasteiger charge is -2.26. The fraction of sp³-hybridized carbons (Fsp3) is 0.385. The number of hydrogen-bond acceptors (Lipinski definition) is 5. The van der Waals surface area contributed by atoms with Gasteiger partial charge in [-0.1, -0.05) is 0 Å². The van der Waals surface area contributed by atoms with Crippen LogP contribution in [-0.4, -0.2) is 59.7 Å². The zero-order valence-electron chi connectivity index (χ0n) is 10.9. The number of carbonyl (C=O) groups is 2. The number of aromatic hydroxyl groups is 1. The number of rotatable bonds is 4. The van der Waals surface area contributed by atoms with E-state index in [-0.39, 0.29) is 29.5 Å². The Balaban J connectivity index is 1.99. The minimum Gasteiger partial charge on any atom is -0.506 e. The lowest BCUT2D eigenvalue weighted by atomic mass is 10.2. The van der Waals surface area contributed by atoms with Gasteiger partial charge in [-0.2, -0.15) is 0 Å². The molecule has 1 saturated heterocycles. The van der Waals surface area contributed by atoms with Crippen LogP contribution in [0, 0.1) is 0 Å². The lowest BCUT2D eigenvalue weighted by Crippen LogP contribution is -2.46. The predicted octanol–water partition coefficient (Wildman–Crippen LogP) is -0.0659. The summed E-state index contributed by atoms with van der Waals surface area (Å²) in [7, 11) is 0. The summed E-state index contributed by atoms with van der Waals surface area (Å²) in [4.78, 5) is 24.7. The van der Waals surface area contributed by atoms with Crippen LogP contribution < -0.4 is 10.6 Å². The zero-order valence-corrected chi connectivity index (χ0v) is 10.9. The Kier molecular flexibility index (Phi) is 4.54. The highest BCUT2D eigenvalue weighted by atomic mass is 16.4. The van der Waals surface area contributed by atoms with Gasteiger partial charge in [0.25, 0.3) is 0 Å². The van der Waals surface area contributed by atoms with Crippen molar-refractivity contribution in [3.8, 4) is 5.75 Å². The number of amides is 1. The summed E-state index contributed by atoms with van der Waals surface area (Å²) in [6.07, 6.45) is 0. The topological polar surface area (TPSA) is 102 Å². The van der Waals surface area contributed by atoms with Crippen molar-refractivity contribution in [1.29, 1.82) is 0 Å². The van der Waals surface area contributed by atoms with Gasteiger partial charge in [-0.05, 0) is 18.2 Å². The molecule has 7 nitrogen and oxygen atoms in total. The highest BCUT2D eigenvalue weighted by Crippen LogP contribution is 2.24. The number of carbonyl (C=O) groups excluding carboxylic acids is 1. The summed E-state index contributed by atoms with van der Waals surface area (Å²) in [5.41, 5.74) is 0.130. The van der Waals surface area contributed by atoms with E-state index >= 15 is 0 Å². The molecule has 2 rings (SSSR count). The molecule has 1 heterocycles. The number of anilines is 1. The number of nitrogens with one attached hydrogen (secondary N) is 2. The molecule has 7 heteroatoms. The highest BCUT2D eigenvalue weighted by molar-refractivity contribution is 5.96. The van der Waals surface area contributed by atoms with E-state index in [0.29, 0.717) is 0 Å². The maximum Gasteiger partial charge on any atom is 0.335 e. The molecule has 0 bridgehead atoms. The Labute approximate surface area is 116 Å². The van der Waals surface area contributed by atoms with Gasteiger partial charge in [0.1, 0.15) is 5.75 Å². The molecule has 108 valence electrons. The number of phenols is 1. The predicted molar refractivity (Wildman–Crippen MR) is 73.0 cm³/mol. The van der Waals surface area contributed by atoms with Crippen molar-refractivity contribution < 1.29 is 19.8 Å². The van der Waals surface area contributed by atoms with E-state index in [1.54, 1.807) is 0 Å². The zero-order chi connectivity index (χ0) is 14.5. The summed E-state index contributed by atoms with van der Waals surface area (Å²) in [6.45, 7) is 3.47. The van der Waals surface area contributed by atoms with Crippen LogP contribution in [0.1, 0.15) is 10.4 Å². The standard InChI is InChI=1S/C13H17N3O4/c17-11-2-1-9(13(19)20)7-10(11)15-12(18)8-16-5-3-14-4-6-16/h1-2,7,14,17H,3-6,8H2,(H,15,18)(H,19,20). The van der Waals surface area contributed by atoms with E-state index in [2.05, 4.69) is 10.6 Å². The van der Waals surface area contributed by atoms with Crippen LogP contribution in [0.5, 0.6) is 5.75 Å². The Morgan fingerprint density at radius 1 is 1.30 bits per heavy atom. The van der Waals surface area contributed by atoms with Crippen LogP contribution >= 0.6 is 0 Å². The van der Waals surface area contributed by atoms with Gasteiger partial charge in [-0.15, -0.1) is 0 Å². The first-order valence-electron chi connectivity index (χ1n) is 6.35. The molecule has 0 atom stereocenters. The molecule has 0 aliphatic carbocycles. The Morgan fingerprint density at radius 2 is 2.00 bits per heavy atom. The molecular formula is C13H17N3O4. The average molecular weight is 279 g/mol. The molecule has 0 saturated carbocycles. The third-order valence-corrected chi connectivity index (χ3v) is 3.09. The quantitative estimate of drug-likeness (QED) is 0.576. The largest absolute Gasteiger partial charge is 0.506 e. The van der Waals surface area contributed by atoms with Gasteiger partial charge in [0.2, 0.25) is 5.91 Å². The second-order valence-corrected chi connectivity index (χ2v) is 4.61. The second-order valence-electron chi connectivity index (χ2n) is 4.61. The molecule has 4 N–H and O–H groups in total. The van der Waals surface area contributed by atoms with E-state index in [4.69, 9.17) is 5.11 Å². The molecule has 1 aromatic carbocycles. The van der Waals surface area contributed by atoms with Crippen molar-refractivity contribution in [3.05, 3.63) is 23.8 Å². The van der Waals surface area contributed by atoms with Gasteiger partial charge in [-0.25, -0.2) is 4.79 Å². The number of nitrogens with zero attached hydrogens (tertiary/aromatic N) is 1. The first-order valence-corrected chi connectivity index (χ1v) is 6.35. The average Bonchev–Trinajstić information content (AvgIpc) is 2.42. The van der Waals surface area contributed by atoms with Crippen molar-refractivity contribution in [2.75, 3.05) is 38.0 Å². The van der Waals surface area contributed by atoms with Gasteiger partial charge in [0.15, 0.2) is 0 Å². The van der Waals surface area contributed by atoms with Crippen molar-refractivity contribution >= 4 is 17.6 Å². The second kappa shape index (κ2) is 6.36. The smallest absolute Gasteiger partial charge is 0.335 e. The van der Waals surface area contributed by atoms with E-state index in [1.807, 2.05) is 4.90 Å². The van der Waals surface area contributed by atoms with Gasteiger partial charge in [0, 0.05) is 26.2 Å². The molecule has 0 unspecified atom stereocenters. The Hall–Kier alpha value is -2.12. The Morgan fingerprint density at radius 3 is 2.65 bits per heavy atom. The third kappa shape index (κ3) is 3.69. The van der Waals surface area contributed by atoms with E-state index in [1.165, 1.54) is 18.2 Å². The van der Waals surface area contributed by atoms with Crippen molar-refractivity contribution in [2.45, 2.75) is 0 Å². The summed E-state index contributed by atoms with van der Waals surface area (Å²) in [6, 6.07) is 3.78. The monoisotopic (exact) mass is 279 g/mol. The third-order valence-electron chi connectivity index (χ3n) is 3.09. The normalized spacial score (nSPS) is 15.8. The van der Waals surface area contributed by atoms with Gasteiger partial charge in [-0.3, -0.25) is 9.69 Å². The minimum absolute atomic E-state index is 0.0141. The first kappa shape index (κ1) is 14.3. The molecule has 1 aromatic rings. The number of benzene rings is 1. The maximum atomic E-state index is 11.9. The molecule has 1 aliphatic rings. The molecule has 1 amide bonds. The molecule has 0 radical (unpaired) electrons. The van der Waals surface area contributed by atoms with E-state index in [9.17, 15) is 14.7 Å². The van der Waals surface area contributed by atoms with Crippen LogP contribution in [0.15, 0.2) is 18.2 Å². The van der Waals surface area contributed by atoms with Crippen LogP contribution in [0.3, 0.4) is 0 Å². The summed E-state index contributed by atoms with van der Waals surface area (Å²) in [5.74, 6) is -1.53. The van der Waals surface area contributed by atoms with Gasteiger partial charge in [0.05, 0.1) is 17.8 Å². The molecule has 1 fully saturated rings. The number of piperazine rings is 1. The maximum absolute atomic E-state index is 11.9. The van der Waals surface area contributed by atoms with Crippen molar-refractivity contribution in [1.82, 2.24) is 10.2 Å². The summed E-state index contributed by atoms with van der Waals surface area (Å²) in [5, 5.41) is 24.3. The van der Waals surface area contributed by atoms with E-state index < -0.39 is 5.97 Å². The van der Waals surface area contributed by atoms with Crippen LogP contribution in [0.4, 0.5) is 5.69 Å². The number of carboxylic acids is 1. The first-order chi connectivity index (χ1) is 9.56. The molecular weight excluding hydrogens is 262 g/mol. The molecule has 20 heavy (non-hydrogen) atoms. The lowest BCUT2D eigenvalue weighted by molar-refractivity contribution is -0.117. The van der Waals surface area contributed by atoms with Crippen molar-refractivity contribution in [2.24, 2.45) is 0 Å². The fourth-order valence-corrected chi connectivity index (χ4v) is 2.03. The highest BCUT2D eigenvalue weighted by Gasteiger charge is 2.15. The number of hydrogen-bond donors (Lipinski definition) is 4. The molecule has 1 aliphatic heterocycles. The number of aromatic carboxylic acids is 1. The molecule has 0 spiro atoms. The minimum atomic E-state index is -1.11. The van der Waals surface area contributed by atoms with Gasteiger partial charge >= 0.3 is 5.97 Å². The Bertz CT molecular complexity index is 512. The fourth-order valence-electron chi connectivity index (χ4n) is 2.03. The van der Waals surface area contributed by atoms with Crippen LogP contribution in [0.25, 0.3) is 0 Å². The summed E-state index contributed by atoms with van der Waals surface area (Å²) >= 11 is 0. The number of carboxylic acid groups (broad SMARTS) is 1. The SMILES string of the molecule is O=C(CN1CCNCC1)Nc1cc(C(=O)O)ccc1O. The van der Waals surface area contributed by atoms with Crippen LogP contribution in [0.2, 0.25) is 0 Å².